The molecule has 44 heavy (non-hydrogen) atoms. The number of aliphatic carboxylic acids is 1. The fraction of sp³-hybridized carbons (Fsp3) is 0.345. The summed E-state index contributed by atoms with van der Waals surface area (Å²) >= 11 is 0. The van der Waals surface area contributed by atoms with Crippen LogP contribution < -0.4 is 15.9 Å². The van der Waals surface area contributed by atoms with E-state index in [1.165, 1.54) is 22.8 Å². The molecule has 1 aliphatic heterocycles. The number of phenolic OH excluding ortho intramolecular Hbond substituents is 1. The first kappa shape index (κ1) is 32.3. The maximum absolute atomic E-state index is 15.6. The second-order valence-corrected chi connectivity index (χ2v) is 10.4. The Bertz CT molecular complexity index is 1760. The lowest BCUT2D eigenvalue weighted by molar-refractivity contribution is -0.192. The molecule has 5 rings (SSSR count). The number of aromatic hydroxyl groups is 1. The molecule has 0 radical (unpaired) electrons. The molecular formula is C29H29F5N6O4. The molecule has 3 N–H and O–H groups in total. The summed E-state index contributed by atoms with van der Waals surface area (Å²) in [5.74, 6) is -4.60. The molecule has 0 spiro atoms. The Morgan fingerprint density at radius 2 is 1.82 bits per heavy atom. The number of hydrogen-bond acceptors (Lipinski definition) is 8. The molecule has 1 aromatic carbocycles. The SMILES string of the molecule is Cc1ccnc(C(C)C)c1-n1c(=O)nc(N2CCNC[C@@H]2C)c2cc(F)c(-c3c(O)cccc3F)nc21.O=C(O)C(F)(F)F. The van der Waals surface area contributed by atoms with Gasteiger partial charge in [0.05, 0.1) is 22.3 Å². The quantitative estimate of drug-likeness (QED) is 0.278. The molecule has 15 heteroatoms. The lowest BCUT2D eigenvalue weighted by Gasteiger charge is -2.35. The maximum Gasteiger partial charge on any atom is 0.490 e. The third-order valence-corrected chi connectivity index (χ3v) is 6.97. The van der Waals surface area contributed by atoms with Crippen molar-refractivity contribution >= 4 is 22.8 Å². The Kier molecular flexibility index (Phi) is 9.18. The van der Waals surface area contributed by atoms with Crippen LogP contribution in [0.25, 0.3) is 28.0 Å². The highest BCUT2D eigenvalue weighted by atomic mass is 19.4. The predicted octanol–water partition coefficient (Wildman–Crippen LogP) is 4.69. The van der Waals surface area contributed by atoms with Crippen LogP contribution in [0.1, 0.15) is 37.9 Å². The van der Waals surface area contributed by atoms with E-state index < -0.39 is 40.9 Å². The van der Waals surface area contributed by atoms with Crippen molar-refractivity contribution in [2.75, 3.05) is 24.5 Å². The highest BCUT2D eigenvalue weighted by molar-refractivity contribution is 5.91. The highest BCUT2D eigenvalue weighted by Gasteiger charge is 2.38. The average molecular weight is 621 g/mol. The zero-order chi connectivity index (χ0) is 32.5. The highest BCUT2D eigenvalue weighted by Crippen LogP contribution is 2.36. The van der Waals surface area contributed by atoms with Crippen molar-refractivity contribution in [3.05, 3.63) is 69.9 Å². The molecule has 1 atom stereocenters. The largest absolute Gasteiger partial charge is 0.507 e. The van der Waals surface area contributed by atoms with Crippen molar-refractivity contribution in [2.45, 2.75) is 45.8 Å². The molecule has 0 bridgehead atoms. The van der Waals surface area contributed by atoms with E-state index >= 15 is 4.39 Å². The lowest BCUT2D eigenvalue weighted by atomic mass is 10.0. The van der Waals surface area contributed by atoms with Gasteiger partial charge in [0.15, 0.2) is 11.5 Å². The number of nitrogens with zero attached hydrogens (tertiary/aromatic N) is 5. The van der Waals surface area contributed by atoms with E-state index in [4.69, 9.17) is 9.90 Å². The number of carbonyl (C=O) groups is 1. The number of piperazine rings is 1. The van der Waals surface area contributed by atoms with Gasteiger partial charge in [-0.15, -0.1) is 0 Å². The van der Waals surface area contributed by atoms with Crippen molar-refractivity contribution in [2.24, 2.45) is 0 Å². The minimum atomic E-state index is -5.08. The first-order valence-electron chi connectivity index (χ1n) is 13.5. The van der Waals surface area contributed by atoms with Crippen molar-refractivity contribution in [3.63, 3.8) is 0 Å². The number of rotatable bonds is 4. The number of carboxylic acid groups (broad SMARTS) is 1. The molecule has 0 saturated carbocycles. The zero-order valence-corrected chi connectivity index (χ0v) is 24.1. The summed E-state index contributed by atoms with van der Waals surface area (Å²) in [6.45, 7) is 9.66. The fourth-order valence-electron chi connectivity index (χ4n) is 4.89. The van der Waals surface area contributed by atoms with Crippen LogP contribution in [0.2, 0.25) is 0 Å². The van der Waals surface area contributed by atoms with Crippen molar-refractivity contribution in [1.82, 2.24) is 24.8 Å². The normalized spacial score (nSPS) is 15.3. The van der Waals surface area contributed by atoms with Crippen LogP contribution >= 0.6 is 0 Å². The molecule has 1 saturated heterocycles. The van der Waals surface area contributed by atoms with Crippen LogP contribution in [0.15, 0.2) is 41.3 Å². The number of benzene rings is 1. The van der Waals surface area contributed by atoms with Gasteiger partial charge in [0, 0.05) is 31.9 Å². The minimum absolute atomic E-state index is 0.00981. The summed E-state index contributed by atoms with van der Waals surface area (Å²) in [6.07, 6.45) is -3.42. The van der Waals surface area contributed by atoms with Gasteiger partial charge < -0.3 is 20.4 Å². The van der Waals surface area contributed by atoms with E-state index in [0.29, 0.717) is 42.2 Å². The van der Waals surface area contributed by atoms with Crippen LogP contribution in [0.3, 0.4) is 0 Å². The summed E-state index contributed by atoms with van der Waals surface area (Å²) in [7, 11) is 0. The Balaban J connectivity index is 0.000000566. The minimum Gasteiger partial charge on any atom is -0.507 e. The third-order valence-electron chi connectivity index (χ3n) is 6.97. The van der Waals surface area contributed by atoms with Gasteiger partial charge in [-0.05, 0) is 49.6 Å². The lowest BCUT2D eigenvalue weighted by Crippen LogP contribution is -2.50. The van der Waals surface area contributed by atoms with Gasteiger partial charge in [0.1, 0.15) is 23.1 Å². The average Bonchev–Trinajstić information content (AvgIpc) is 2.93. The monoisotopic (exact) mass is 620 g/mol. The molecule has 4 heterocycles. The van der Waals surface area contributed by atoms with Crippen molar-refractivity contribution in [1.29, 1.82) is 0 Å². The number of aromatic nitrogens is 4. The number of aryl methyl sites for hydroxylation is 1. The van der Waals surface area contributed by atoms with Crippen molar-refractivity contribution in [3.8, 4) is 22.7 Å². The number of phenols is 1. The molecule has 4 aromatic rings. The summed E-state index contributed by atoms with van der Waals surface area (Å²) in [5, 5.41) is 21.1. The maximum atomic E-state index is 15.6. The number of pyridine rings is 2. The van der Waals surface area contributed by atoms with Crippen LogP contribution in [-0.4, -0.2) is 67.6 Å². The van der Waals surface area contributed by atoms with Crippen LogP contribution in [0.5, 0.6) is 5.75 Å². The third kappa shape index (κ3) is 6.32. The first-order valence-corrected chi connectivity index (χ1v) is 13.5. The standard InChI is InChI=1S/C27H28F2N6O2.C2HF3O2/c1-14(2)22-24(15(3)8-9-31-22)35-26-17(25(33-27(35)37)34-11-10-30-13-16(34)4)12-19(29)23(32-26)21-18(28)6-5-7-20(21)36;3-2(4,5)1(6)7/h5-9,12,14,16,30,36H,10-11,13H2,1-4H3;(H,6,7)/t16-;/m0./s1. The summed E-state index contributed by atoms with van der Waals surface area (Å²) in [5.41, 5.74) is 0.647. The van der Waals surface area contributed by atoms with E-state index in [0.717, 1.165) is 11.6 Å². The fourth-order valence-corrected chi connectivity index (χ4v) is 4.89. The molecule has 0 amide bonds. The number of nitrogens with one attached hydrogen (secondary N) is 1. The van der Waals surface area contributed by atoms with Gasteiger partial charge in [-0.3, -0.25) is 4.98 Å². The van der Waals surface area contributed by atoms with E-state index in [1.807, 2.05) is 32.6 Å². The Labute approximate surface area is 247 Å². The molecule has 1 aliphatic rings. The van der Waals surface area contributed by atoms with Gasteiger partial charge >= 0.3 is 17.8 Å². The Hall–Kier alpha value is -4.66. The molecule has 1 fully saturated rings. The van der Waals surface area contributed by atoms with Gasteiger partial charge in [0.25, 0.3) is 0 Å². The van der Waals surface area contributed by atoms with Crippen molar-refractivity contribution < 1.29 is 37.0 Å². The van der Waals surface area contributed by atoms with Gasteiger partial charge in [-0.1, -0.05) is 19.9 Å². The molecule has 3 aromatic heterocycles. The number of hydrogen-bond donors (Lipinski definition) is 3. The number of alkyl halides is 3. The van der Waals surface area contributed by atoms with Gasteiger partial charge in [-0.25, -0.2) is 27.9 Å². The molecule has 234 valence electrons. The van der Waals surface area contributed by atoms with Crippen LogP contribution in [-0.2, 0) is 4.79 Å². The smallest absolute Gasteiger partial charge is 0.490 e. The predicted molar refractivity (Wildman–Crippen MR) is 152 cm³/mol. The van der Waals surface area contributed by atoms with E-state index in [1.54, 1.807) is 12.3 Å². The van der Waals surface area contributed by atoms with E-state index in [-0.39, 0.29) is 23.2 Å². The number of halogens is 5. The molecular weight excluding hydrogens is 591 g/mol. The summed E-state index contributed by atoms with van der Waals surface area (Å²) in [4.78, 5) is 38.0. The Morgan fingerprint density at radius 1 is 1.14 bits per heavy atom. The van der Waals surface area contributed by atoms with E-state index in [9.17, 15) is 27.5 Å². The van der Waals surface area contributed by atoms with Gasteiger partial charge in [-0.2, -0.15) is 18.2 Å². The summed E-state index contributed by atoms with van der Waals surface area (Å²) < 4.78 is 63.5. The topological polar surface area (TPSA) is 133 Å². The zero-order valence-electron chi connectivity index (χ0n) is 24.1. The number of carboxylic acids is 1. The second kappa shape index (κ2) is 12.5. The van der Waals surface area contributed by atoms with E-state index in [2.05, 4.69) is 20.3 Å². The van der Waals surface area contributed by atoms with Crippen LogP contribution in [0, 0.1) is 18.6 Å². The molecule has 0 aliphatic carbocycles. The number of anilines is 1. The summed E-state index contributed by atoms with van der Waals surface area (Å²) in [6, 6.07) is 6.69. The van der Waals surface area contributed by atoms with Crippen LogP contribution in [0.4, 0.5) is 27.8 Å². The first-order chi connectivity index (χ1) is 20.6. The van der Waals surface area contributed by atoms with Gasteiger partial charge in [0.2, 0.25) is 0 Å². The Morgan fingerprint density at radius 3 is 2.41 bits per heavy atom. The molecule has 10 nitrogen and oxygen atoms in total. The molecule has 0 unspecified atom stereocenters. The second-order valence-electron chi connectivity index (χ2n) is 10.4. The number of fused-ring (bicyclic) bond motifs is 1.